The highest BCUT2D eigenvalue weighted by atomic mass is 32.2. The molecule has 1 N–H and O–H groups in total. The summed E-state index contributed by atoms with van der Waals surface area (Å²) in [5.74, 6) is -0.281. The highest BCUT2D eigenvalue weighted by Crippen LogP contribution is 2.39. The number of benzene rings is 1. The molecule has 0 bridgehead atoms. The van der Waals surface area contributed by atoms with Crippen molar-refractivity contribution >= 4 is 51.3 Å². The van der Waals surface area contributed by atoms with Gasteiger partial charge < -0.3 is 10.1 Å². The lowest BCUT2D eigenvalue weighted by atomic mass is 9.95. The summed E-state index contributed by atoms with van der Waals surface area (Å²) in [6.07, 6.45) is 4.60. The Morgan fingerprint density at radius 3 is 2.58 bits per heavy atom. The zero-order chi connectivity index (χ0) is 26.8. The van der Waals surface area contributed by atoms with Crippen LogP contribution in [0.3, 0.4) is 0 Å². The average Bonchev–Trinajstić information content (AvgIpc) is 3.64. The van der Waals surface area contributed by atoms with Gasteiger partial charge >= 0.3 is 5.97 Å². The highest BCUT2D eigenvalue weighted by Gasteiger charge is 2.25. The molecule has 1 aliphatic rings. The van der Waals surface area contributed by atoms with E-state index in [0.717, 1.165) is 24.2 Å². The van der Waals surface area contributed by atoms with Crippen molar-refractivity contribution in [3.63, 3.8) is 0 Å². The summed E-state index contributed by atoms with van der Waals surface area (Å²) >= 11 is 4.33. The Labute approximate surface area is 232 Å². The van der Waals surface area contributed by atoms with Gasteiger partial charge in [0.25, 0.3) is 0 Å². The van der Waals surface area contributed by atoms with Crippen LogP contribution in [0.15, 0.2) is 40.2 Å². The van der Waals surface area contributed by atoms with Crippen LogP contribution < -0.4 is 5.32 Å². The summed E-state index contributed by atoms with van der Waals surface area (Å²) < 4.78 is 20.5. The number of thioether (sulfide) groups is 1. The predicted octanol–water partition coefficient (Wildman–Crippen LogP) is 6.85. The van der Waals surface area contributed by atoms with E-state index in [2.05, 4.69) is 39.3 Å². The molecule has 38 heavy (non-hydrogen) atoms. The van der Waals surface area contributed by atoms with Crippen molar-refractivity contribution in [2.75, 3.05) is 18.2 Å². The highest BCUT2D eigenvalue weighted by molar-refractivity contribution is 7.99. The predicted molar refractivity (Wildman–Crippen MR) is 151 cm³/mol. The number of aromatic nitrogens is 3. The summed E-state index contributed by atoms with van der Waals surface area (Å²) in [6.45, 7) is 4.17. The van der Waals surface area contributed by atoms with Crippen molar-refractivity contribution in [1.29, 1.82) is 0 Å². The minimum Gasteiger partial charge on any atom is -0.465 e. The molecule has 4 aromatic rings. The Bertz CT molecular complexity index is 1470. The molecule has 0 unspecified atom stereocenters. The molecule has 198 valence electrons. The molecule has 1 aromatic carbocycles. The summed E-state index contributed by atoms with van der Waals surface area (Å²) in [6, 6.07) is 5.95. The number of anilines is 1. The molecule has 3 aromatic heterocycles. The molecule has 0 saturated heterocycles. The van der Waals surface area contributed by atoms with E-state index in [1.165, 1.54) is 65.6 Å². The standard InChI is InChI=1S/C27H27FN4O3S3/c1-15(2)32-24(20-13-36-21-7-5-4-6-18(20)21)30-31-27(32)38-14-22(33)29-25-23(26(34)35-3)19(12-37-25)16-8-10-17(28)11-9-16/h8-13,15H,4-7,14H2,1-3H3,(H,29,33). The van der Waals surface area contributed by atoms with Gasteiger partial charge in [0.1, 0.15) is 16.4 Å². The Hall–Kier alpha value is -3.02. The number of thiophene rings is 2. The van der Waals surface area contributed by atoms with Crippen molar-refractivity contribution in [1.82, 2.24) is 14.8 Å². The number of hydrogen-bond donors (Lipinski definition) is 1. The van der Waals surface area contributed by atoms with Crippen LogP contribution in [0.25, 0.3) is 22.5 Å². The van der Waals surface area contributed by atoms with Gasteiger partial charge in [0.15, 0.2) is 11.0 Å². The number of nitrogens with one attached hydrogen (secondary N) is 1. The van der Waals surface area contributed by atoms with E-state index in [9.17, 15) is 14.0 Å². The van der Waals surface area contributed by atoms with Crippen molar-refractivity contribution in [3.8, 4) is 22.5 Å². The number of methoxy groups -OCH3 is 1. The molecule has 0 saturated carbocycles. The third-order valence-electron chi connectivity index (χ3n) is 6.40. The van der Waals surface area contributed by atoms with Gasteiger partial charge in [-0.15, -0.1) is 32.9 Å². The molecule has 1 amide bonds. The van der Waals surface area contributed by atoms with Crippen LogP contribution in [-0.2, 0) is 22.4 Å². The van der Waals surface area contributed by atoms with E-state index in [-0.39, 0.29) is 29.1 Å². The number of esters is 1. The smallest absolute Gasteiger partial charge is 0.341 e. The first-order chi connectivity index (χ1) is 18.4. The van der Waals surface area contributed by atoms with Crippen LogP contribution in [0, 0.1) is 5.82 Å². The van der Waals surface area contributed by atoms with Gasteiger partial charge in [-0.25, -0.2) is 9.18 Å². The van der Waals surface area contributed by atoms with E-state index >= 15 is 0 Å². The van der Waals surface area contributed by atoms with Crippen LogP contribution in [0.5, 0.6) is 0 Å². The molecule has 0 radical (unpaired) electrons. The maximum Gasteiger partial charge on any atom is 0.341 e. The molecular formula is C27H27FN4O3S3. The quantitative estimate of drug-likeness (QED) is 0.184. The molecule has 0 spiro atoms. The third kappa shape index (κ3) is 5.27. The minimum atomic E-state index is -0.572. The normalized spacial score (nSPS) is 13.0. The zero-order valence-electron chi connectivity index (χ0n) is 21.2. The second-order valence-electron chi connectivity index (χ2n) is 9.22. The summed E-state index contributed by atoms with van der Waals surface area (Å²) in [5.41, 5.74) is 4.02. The number of carbonyl (C=O) groups excluding carboxylic acids is 2. The SMILES string of the molecule is COC(=O)c1c(-c2ccc(F)cc2)csc1NC(=O)CSc1nnc(-c2csc3c2CCCC3)n1C(C)C. The van der Waals surface area contributed by atoms with Gasteiger partial charge in [-0.2, -0.15) is 0 Å². The van der Waals surface area contributed by atoms with E-state index in [1.807, 2.05) is 0 Å². The summed E-state index contributed by atoms with van der Waals surface area (Å²) in [7, 11) is 1.29. The number of ether oxygens (including phenoxy) is 1. The molecule has 0 fully saturated rings. The van der Waals surface area contributed by atoms with Crippen LogP contribution in [-0.4, -0.2) is 39.5 Å². The van der Waals surface area contributed by atoms with Gasteiger partial charge in [0, 0.05) is 32.8 Å². The minimum absolute atomic E-state index is 0.0942. The topological polar surface area (TPSA) is 86.1 Å². The molecule has 0 aliphatic heterocycles. The number of aryl methyl sites for hydroxylation is 1. The van der Waals surface area contributed by atoms with E-state index in [0.29, 0.717) is 21.3 Å². The molecule has 5 rings (SSSR count). The van der Waals surface area contributed by atoms with E-state index in [4.69, 9.17) is 4.74 Å². The molecule has 1 aliphatic carbocycles. The molecule has 7 nitrogen and oxygen atoms in total. The first-order valence-corrected chi connectivity index (χ1v) is 15.0. The van der Waals surface area contributed by atoms with Crippen molar-refractivity contribution in [2.45, 2.75) is 50.7 Å². The number of halogens is 1. The van der Waals surface area contributed by atoms with Crippen molar-refractivity contribution in [3.05, 3.63) is 56.8 Å². The fourth-order valence-electron chi connectivity index (χ4n) is 4.60. The Balaban J connectivity index is 1.34. The lowest BCUT2D eigenvalue weighted by molar-refractivity contribution is -0.113. The fourth-order valence-corrected chi connectivity index (χ4v) is 7.56. The van der Waals surface area contributed by atoms with Crippen molar-refractivity contribution < 1.29 is 18.7 Å². The number of fused-ring (bicyclic) bond motifs is 1. The number of amides is 1. The lowest BCUT2D eigenvalue weighted by Gasteiger charge is -2.16. The molecule has 0 atom stereocenters. The second-order valence-corrected chi connectivity index (χ2v) is 12.0. The van der Waals surface area contributed by atoms with Crippen LogP contribution in [0.4, 0.5) is 9.39 Å². The van der Waals surface area contributed by atoms with Gasteiger partial charge in [-0.1, -0.05) is 23.9 Å². The molecular weight excluding hydrogens is 544 g/mol. The Kier molecular flexibility index (Phi) is 7.96. The second kappa shape index (κ2) is 11.4. The van der Waals surface area contributed by atoms with E-state index < -0.39 is 5.97 Å². The van der Waals surface area contributed by atoms with Gasteiger partial charge in [-0.3, -0.25) is 9.36 Å². The van der Waals surface area contributed by atoms with Gasteiger partial charge in [0.05, 0.1) is 12.9 Å². The molecule has 3 heterocycles. The monoisotopic (exact) mass is 570 g/mol. The number of nitrogens with zero attached hydrogens (tertiary/aromatic N) is 3. The summed E-state index contributed by atoms with van der Waals surface area (Å²) in [5, 5.41) is 16.8. The fraction of sp³-hybridized carbons (Fsp3) is 0.333. The Morgan fingerprint density at radius 1 is 1.11 bits per heavy atom. The average molecular weight is 571 g/mol. The van der Waals surface area contributed by atoms with Crippen LogP contribution in [0.1, 0.15) is 53.5 Å². The first-order valence-electron chi connectivity index (χ1n) is 12.3. The third-order valence-corrected chi connectivity index (χ3v) is 9.33. The maximum atomic E-state index is 13.4. The Morgan fingerprint density at radius 2 is 1.84 bits per heavy atom. The number of rotatable bonds is 8. The van der Waals surface area contributed by atoms with Crippen LogP contribution in [0.2, 0.25) is 0 Å². The zero-order valence-corrected chi connectivity index (χ0v) is 23.7. The van der Waals surface area contributed by atoms with Gasteiger partial charge in [0.2, 0.25) is 5.91 Å². The maximum absolute atomic E-state index is 13.4. The number of carbonyl (C=O) groups is 2. The lowest BCUT2D eigenvalue weighted by Crippen LogP contribution is -2.16. The van der Waals surface area contributed by atoms with Crippen molar-refractivity contribution in [2.24, 2.45) is 0 Å². The molecule has 11 heteroatoms. The van der Waals surface area contributed by atoms with E-state index in [1.54, 1.807) is 28.8 Å². The van der Waals surface area contributed by atoms with Crippen LogP contribution >= 0.6 is 34.4 Å². The first kappa shape index (κ1) is 26.6. The summed E-state index contributed by atoms with van der Waals surface area (Å²) in [4.78, 5) is 27.0. The van der Waals surface area contributed by atoms with Gasteiger partial charge in [-0.05, 0) is 62.8 Å². The largest absolute Gasteiger partial charge is 0.465 e. The number of hydrogen-bond acceptors (Lipinski definition) is 8.